The van der Waals surface area contributed by atoms with E-state index in [0.29, 0.717) is 0 Å². The van der Waals surface area contributed by atoms with Crippen LogP contribution in [0.15, 0.2) is 93.5 Å². The van der Waals surface area contributed by atoms with Crippen molar-refractivity contribution in [3.63, 3.8) is 0 Å². The first-order valence-electron chi connectivity index (χ1n) is 8.53. The molecule has 0 aromatic heterocycles. The van der Waals surface area contributed by atoms with E-state index in [2.05, 4.69) is 98.5 Å². The molecule has 1 atom stereocenters. The molecule has 3 rings (SSSR count). The SMILES string of the molecule is COc1ccc([S+](c2ccccc2)c2ccc([Si](C)(C)C)cc2)cc1. The van der Waals surface area contributed by atoms with Crippen LogP contribution in [0.25, 0.3) is 0 Å². The van der Waals surface area contributed by atoms with Crippen molar-refractivity contribution < 1.29 is 4.74 Å². The molecule has 0 aliphatic heterocycles. The van der Waals surface area contributed by atoms with Gasteiger partial charge in [0.15, 0.2) is 14.7 Å². The minimum absolute atomic E-state index is 0.100. The Morgan fingerprint density at radius 2 is 1.12 bits per heavy atom. The Balaban J connectivity index is 2.05. The third-order valence-corrected chi connectivity index (χ3v) is 8.53. The number of methoxy groups -OCH3 is 1. The number of hydrogen-bond acceptors (Lipinski definition) is 1. The largest absolute Gasteiger partial charge is 0.497 e. The normalized spacial score (nSPS) is 12.6. The van der Waals surface area contributed by atoms with Crippen LogP contribution in [0.1, 0.15) is 0 Å². The van der Waals surface area contributed by atoms with Crippen LogP contribution in [-0.4, -0.2) is 15.2 Å². The predicted octanol–water partition coefficient (Wildman–Crippen LogP) is 5.34. The standard InChI is InChI=1S/C22H25OSSi/c1-23-18-10-12-20(13-11-18)24(19-8-6-5-7-9-19)21-14-16-22(17-15-21)25(2,3)4/h5-17H,1-4H3/q+1. The Hall–Kier alpha value is -1.97. The van der Waals surface area contributed by atoms with E-state index in [1.165, 1.54) is 19.9 Å². The first-order chi connectivity index (χ1) is 12.0. The summed E-state index contributed by atoms with van der Waals surface area (Å²) in [5.74, 6) is 0.898. The first kappa shape index (κ1) is 17.8. The smallest absolute Gasteiger partial charge is 0.166 e. The molecule has 128 valence electrons. The van der Waals surface area contributed by atoms with Crippen LogP contribution in [0, 0.1) is 0 Å². The van der Waals surface area contributed by atoms with Gasteiger partial charge in [0.2, 0.25) is 0 Å². The summed E-state index contributed by atoms with van der Waals surface area (Å²) in [6.07, 6.45) is 0. The highest BCUT2D eigenvalue weighted by atomic mass is 32.2. The second-order valence-corrected chi connectivity index (χ2v) is 14.2. The molecule has 0 bridgehead atoms. The molecule has 1 unspecified atom stereocenters. The lowest BCUT2D eigenvalue weighted by atomic mass is 10.3. The van der Waals surface area contributed by atoms with Crippen molar-refractivity contribution in [2.45, 2.75) is 34.3 Å². The van der Waals surface area contributed by atoms with E-state index < -0.39 is 8.07 Å². The quantitative estimate of drug-likeness (QED) is 0.438. The van der Waals surface area contributed by atoms with Gasteiger partial charge in [0, 0.05) is 0 Å². The van der Waals surface area contributed by atoms with Gasteiger partial charge in [-0.25, -0.2) is 0 Å². The van der Waals surface area contributed by atoms with E-state index in [0.717, 1.165) is 5.75 Å². The zero-order chi connectivity index (χ0) is 17.9. The molecule has 3 aromatic rings. The Kier molecular flexibility index (Phi) is 5.35. The molecule has 3 aromatic carbocycles. The average Bonchev–Trinajstić information content (AvgIpc) is 2.63. The van der Waals surface area contributed by atoms with Gasteiger partial charge in [-0.15, -0.1) is 0 Å². The third kappa shape index (κ3) is 4.17. The van der Waals surface area contributed by atoms with Crippen LogP contribution in [0.2, 0.25) is 19.6 Å². The highest BCUT2D eigenvalue weighted by Crippen LogP contribution is 2.31. The van der Waals surface area contributed by atoms with Crippen molar-refractivity contribution in [1.29, 1.82) is 0 Å². The zero-order valence-electron chi connectivity index (χ0n) is 15.3. The molecule has 0 fully saturated rings. The lowest BCUT2D eigenvalue weighted by Gasteiger charge is -2.16. The molecule has 0 radical (unpaired) electrons. The molecule has 3 heteroatoms. The summed E-state index contributed by atoms with van der Waals surface area (Å²) in [5, 5.41) is 1.50. The van der Waals surface area contributed by atoms with E-state index >= 15 is 0 Å². The van der Waals surface area contributed by atoms with Gasteiger partial charge in [-0.3, -0.25) is 0 Å². The van der Waals surface area contributed by atoms with E-state index in [4.69, 9.17) is 4.74 Å². The molecule has 0 N–H and O–H groups in total. The fourth-order valence-corrected chi connectivity index (χ4v) is 6.00. The molecule has 0 aliphatic carbocycles. The summed E-state index contributed by atoms with van der Waals surface area (Å²) in [4.78, 5) is 4.01. The van der Waals surface area contributed by atoms with Gasteiger partial charge in [0.1, 0.15) is 5.75 Å². The van der Waals surface area contributed by atoms with Crippen LogP contribution in [0.3, 0.4) is 0 Å². The molecular formula is C22H25OSSi+. The van der Waals surface area contributed by atoms with E-state index in [1.54, 1.807) is 7.11 Å². The molecule has 1 nitrogen and oxygen atoms in total. The molecular weight excluding hydrogens is 340 g/mol. The maximum atomic E-state index is 5.32. The number of rotatable bonds is 5. The highest BCUT2D eigenvalue weighted by molar-refractivity contribution is 7.97. The molecule has 0 spiro atoms. The van der Waals surface area contributed by atoms with Crippen molar-refractivity contribution in [2.24, 2.45) is 0 Å². The first-order valence-corrected chi connectivity index (χ1v) is 13.3. The highest BCUT2D eigenvalue weighted by Gasteiger charge is 2.29. The van der Waals surface area contributed by atoms with Crippen molar-refractivity contribution >= 4 is 24.2 Å². The molecule has 0 saturated heterocycles. The summed E-state index contributed by atoms with van der Waals surface area (Å²) < 4.78 is 5.32. The van der Waals surface area contributed by atoms with Crippen LogP contribution < -0.4 is 9.92 Å². The van der Waals surface area contributed by atoms with Gasteiger partial charge in [-0.2, -0.15) is 0 Å². The number of hydrogen-bond donors (Lipinski definition) is 0. The van der Waals surface area contributed by atoms with E-state index in [-0.39, 0.29) is 10.9 Å². The zero-order valence-corrected chi connectivity index (χ0v) is 17.1. The van der Waals surface area contributed by atoms with Gasteiger partial charge >= 0.3 is 0 Å². The Morgan fingerprint density at radius 1 is 0.640 bits per heavy atom. The molecule has 0 heterocycles. The van der Waals surface area contributed by atoms with Crippen molar-refractivity contribution in [2.75, 3.05) is 7.11 Å². The lowest BCUT2D eigenvalue weighted by Crippen LogP contribution is -2.37. The van der Waals surface area contributed by atoms with Gasteiger partial charge in [-0.05, 0) is 48.5 Å². The second kappa shape index (κ2) is 7.50. The predicted molar refractivity (Wildman–Crippen MR) is 111 cm³/mol. The minimum atomic E-state index is -1.28. The summed E-state index contributed by atoms with van der Waals surface area (Å²) in [6.45, 7) is 7.17. The topological polar surface area (TPSA) is 9.23 Å². The van der Waals surface area contributed by atoms with Gasteiger partial charge in [0.05, 0.1) is 26.1 Å². The minimum Gasteiger partial charge on any atom is -0.497 e. The summed E-state index contributed by atoms with van der Waals surface area (Å²) in [7, 11) is 0.334. The van der Waals surface area contributed by atoms with Crippen LogP contribution >= 0.6 is 0 Å². The van der Waals surface area contributed by atoms with E-state index in [9.17, 15) is 0 Å². The summed E-state index contributed by atoms with van der Waals surface area (Å²) in [6, 6.07) is 28.5. The molecule has 0 amide bonds. The lowest BCUT2D eigenvalue weighted by molar-refractivity contribution is 0.414. The van der Waals surface area contributed by atoms with Crippen molar-refractivity contribution in [3.05, 3.63) is 78.9 Å². The van der Waals surface area contributed by atoms with Gasteiger partial charge in [0.25, 0.3) is 0 Å². The maximum absolute atomic E-state index is 5.32. The Labute approximate surface area is 155 Å². The summed E-state index contributed by atoms with van der Waals surface area (Å²) in [5.41, 5.74) is 0. The van der Waals surface area contributed by atoms with Gasteiger partial charge < -0.3 is 4.74 Å². The Morgan fingerprint density at radius 3 is 1.60 bits per heavy atom. The van der Waals surface area contributed by atoms with Crippen molar-refractivity contribution in [1.82, 2.24) is 0 Å². The Bertz CT molecular complexity index is 805. The summed E-state index contributed by atoms with van der Waals surface area (Å²) >= 11 is 0. The third-order valence-electron chi connectivity index (χ3n) is 4.23. The van der Waals surface area contributed by atoms with Gasteiger partial charge in [-0.1, -0.05) is 55.2 Å². The van der Waals surface area contributed by atoms with Crippen LogP contribution in [0.4, 0.5) is 0 Å². The van der Waals surface area contributed by atoms with Crippen molar-refractivity contribution in [3.8, 4) is 5.75 Å². The molecule has 0 aliphatic rings. The average molecular weight is 366 g/mol. The van der Waals surface area contributed by atoms with Crippen LogP contribution in [0.5, 0.6) is 5.75 Å². The molecule has 25 heavy (non-hydrogen) atoms. The maximum Gasteiger partial charge on any atom is 0.166 e. The fraction of sp³-hybridized carbons (Fsp3) is 0.182. The van der Waals surface area contributed by atoms with E-state index in [1.807, 2.05) is 0 Å². The van der Waals surface area contributed by atoms with Crippen LogP contribution in [-0.2, 0) is 10.9 Å². The second-order valence-electron chi connectivity index (χ2n) is 7.07. The number of ether oxygens (including phenoxy) is 1. The fourth-order valence-electron chi connectivity index (χ4n) is 2.77. The molecule has 0 saturated carbocycles. The number of benzene rings is 3. The monoisotopic (exact) mass is 365 g/mol.